The molecule has 3 N–H and O–H groups in total. The molecule has 1 saturated carbocycles. The van der Waals surface area contributed by atoms with Gasteiger partial charge in [0.25, 0.3) is 0 Å². The van der Waals surface area contributed by atoms with Crippen LogP contribution in [0.5, 0.6) is 0 Å². The lowest BCUT2D eigenvalue weighted by atomic mass is 9.79. The highest BCUT2D eigenvalue weighted by atomic mass is 16.4. The highest BCUT2D eigenvalue weighted by molar-refractivity contribution is 5.76. The van der Waals surface area contributed by atoms with Crippen molar-refractivity contribution >= 4 is 23.8 Å². The number of rotatable bonds is 42. The van der Waals surface area contributed by atoms with Crippen molar-refractivity contribution in [3.05, 3.63) is 0 Å². The maximum absolute atomic E-state index is 14.2. The number of aliphatic carboxylic acids is 3. The fourth-order valence-corrected chi connectivity index (χ4v) is 10.5. The summed E-state index contributed by atoms with van der Waals surface area (Å²) >= 11 is 0. The molecule has 1 aliphatic rings. The molecule has 0 spiro atoms. The van der Waals surface area contributed by atoms with E-state index in [1.165, 1.54) is 180 Å². The van der Waals surface area contributed by atoms with Crippen LogP contribution in [0.2, 0.25) is 0 Å². The van der Waals surface area contributed by atoms with Gasteiger partial charge in [-0.3, -0.25) is 19.2 Å². The topological polar surface area (TPSA) is 132 Å². The van der Waals surface area contributed by atoms with Crippen LogP contribution in [0.4, 0.5) is 0 Å². The van der Waals surface area contributed by atoms with E-state index in [1.54, 1.807) is 0 Å². The number of carboxylic acids is 3. The lowest BCUT2D eigenvalue weighted by Crippen LogP contribution is -2.34. The van der Waals surface area contributed by atoms with E-state index in [2.05, 4.69) is 18.7 Å². The standard InChI is InChI=1S/C56H105NO7/c1-3-5-7-9-11-13-15-17-19-21-23-25-27-29-31-33-43-57(44-34-32-30-28-26-24-22-20-18-16-14-12-10-8-6-4-2)53(58)45-49-35-37-50(46-54(59)60)39-41-52(48-56(63)64)42-40-51(38-36-49)47-55(61)62/h49-52H,3-48H2,1-2H3,(H,59,60)(H,61,62)(H,63,64). The number of unbranched alkanes of at least 4 members (excludes halogenated alkanes) is 30. The van der Waals surface area contributed by atoms with Crippen molar-refractivity contribution in [3.63, 3.8) is 0 Å². The average Bonchev–Trinajstić information content (AvgIpc) is 3.25. The molecule has 8 heteroatoms. The van der Waals surface area contributed by atoms with Gasteiger partial charge >= 0.3 is 17.9 Å². The summed E-state index contributed by atoms with van der Waals surface area (Å²) in [4.78, 5) is 51.7. The average molecular weight is 904 g/mol. The van der Waals surface area contributed by atoms with Gasteiger partial charge in [-0.05, 0) is 87.9 Å². The summed E-state index contributed by atoms with van der Waals surface area (Å²) in [5.41, 5.74) is 0. The SMILES string of the molecule is CCCCCCCCCCCCCCCCCCN(CCCCCCCCCCCCCCCCCC)C(=O)CC1CCC(CC(=O)O)CCC(CC(=O)O)CCC(CC(=O)O)CC1. The Bertz CT molecular complexity index is 1040. The molecule has 1 amide bonds. The molecule has 0 saturated heterocycles. The van der Waals surface area contributed by atoms with Crippen LogP contribution in [0.1, 0.15) is 296 Å². The van der Waals surface area contributed by atoms with Crippen LogP contribution in [0.3, 0.4) is 0 Å². The van der Waals surface area contributed by atoms with Gasteiger partial charge in [0.1, 0.15) is 0 Å². The zero-order valence-electron chi connectivity index (χ0n) is 42.3. The van der Waals surface area contributed by atoms with Crippen molar-refractivity contribution in [3.8, 4) is 0 Å². The molecule has 0 aromatic heterocycles. The largest absolute Gasteiger partial charge is 0.481 e. The molecule has 8 nitrogen and oxygen atoms in total. The molecule has 0 aromatic rings. The van der Waals surface area contributed by atoms with E-state index in [0.29, 0.717) is 44.9 Å². The van der Waals surface area contributed by atoms with Gasteiger partial charge in [-0.1, -0.05) is 206 Å². The minimum absolute atomic E-state index is 0.0331. The van der Waals surface area contributed by atoms with Gasteiger partial charge < -0.3 is 20.2 Å². The lowest BCUT2D eigenvalue weighted by Gasteiger charge is -2.29. The smallest absolute Gasteiger partial charge is 0.303 e. The fraction of sp³-hybridized carbons (Fsp3) is 0.929. The maximum atomic E-state index is 14.2. The number of hydrogen-bond donors (Lipinski definition) is 3. The van der Waals surface area contributed by atoms with Gasteiger partial charge in [-0.25, -0.2) is 0 Å². The molecule has 0 aliphatic heterocycles. The van der Waals surface area contributed by atoms with Crippen LogP contribution >= 0.6 is 0 Å². The van der Waals surface area contributed by atoms with E-state index >= 15 is 0 Å². The third-order valence-corrected chi connectivity index (χ3v) is 14.7. The molecule has 1 rings (SSSR count). The first-order valence-electron chi connectivity index (χ1n) is 28.1. The summed E-state index contributed by atoms with van der Waals surface area (Å²) in [5, 5.41) is 29.0. The molecule has 0 bridgehead atoms. The Morgan fingerprint density at radius 1 is 0.312 bits per heavy atom. The maximum Gasteiger partial charge on any atom is 0.303 e. The second kappa shape index (κ2) is 43.5. The number of carbonyl (C=O) groups is 4. The Balaban J connectivity index is 2.69. The molecule has 0 radical (unpaired) electrons. The molecule has 1 aliphatic carbocycles. The van der Waals surface area contributed by atoms with E-state index in [0.717, 1.165) is 51.6 Å². The summed E-state index contributed by atoms with van der Waals surface area (Å²) < 4.78 is 0. The van der Waals surface area contributed by atoms with Crippen LogP contribution in [0, 0.1) is 23.7 Å². The number of hydrogen-bond acceptors (Lipinski definition) is 4. The zero-order chi connectivity index (χ0) is 46.7. The molecular weight excluding hydrogens is 799 g/mol. The highest BCUT2D eigenvalue weighted by Crippen LogP contribution is 2.34. The van der Waals surface area contributed by atoms with Crippen molar-refractivity contribution in [2.45, 2.75) is 296 Å². The summed E-state index contributed by atoms with van der Waals surface area (Å²) in [6.07, 6.45) is 48.5. The third-order valence-electron chi connectivity index (χ3n) is 14.7. The third kappa shape index (κ3) is 38.0. The van der Waals surface area contributed by atoms with Crippen molar-refractivity contribution in [2.75, 3.05) is 13.1 Å². The van der Waals surface area contributed by atoms with Gasteiger partial charge in [0, 0.05) is 38.8 Å². The van der Waals surface area contributed by atoms with E-state index in [9.17, 15) is 34.5 Å². The van der Waals surface area contributed by atoms with Gasteiger partial charge in [0.15, 0.2) is 0 Å². The van der Waals surface area contributed by atoms with Crippen LogP contribution in [0.15, 0.2) is 0 Å². The number of carbonyl (C=O) groups excluding carboxylic acids is 1. The number of amides is 1. The normalized spacial score (nSPS) is 18.6. The number of nitrogens with zero attached hydrogens (tertiary/aromatic N) is 1. The highest BCUT2D eigenvalue weighted by Gasteiger charge is 2.26. The molecule has 1 fully saturated rings. The zero-order valence-corrected chi connectivity index (χ0v) is 42.3. The summed E-state index contributed by atoms with van der Waals surface area (Å²) in [6.45, 7) is 6.16. The second-order valence-electron chi connectivity index (χ2n) is 20.8. The van der Waals surface area contributed by atoms with Crippen LogP contribution in [-0.4, -0.2) is 57.1 Å². The Morgan fingerprint density at radius 2 is 0.500 bits per heavy atom. The van der Waals surface area contributed by atoms with E-state index in [-0.39, 0.29) is 48.8 Å². The molecule has 0 heterocycles. The van der Waals surface area contributed by atoms with E-state index in [1.807, 2.05) is 0 Å². The van der Waals surface area contributed by atoms with Gasteiger partial charge in [-0.2, -0.15) is 0 Å². The summed E-state index contributed by atoms with van der Waals surface area (Å²) in [5.74, 6) is -2.39. The van der Waals surface area contributed by atoms with Gasteiger partial charge in [-0.15, -0.1) is 0 Å². The van der Waals surface area contributed by atoms with Crippen molar-refractivity contribution in [2.24, 2.45) is 23.7 Å². The molecule has 2 unspecified atom stereocenters. The van der Waals surface area contributed by atoms with Gasteiger partial charge in [0.2, 0.25) is 5.91 Å². The predicted octanol–water partition coefficient (Wildman–Crippen LogP) is 16.8. The van der Waals surface area contributed by atoms with Crippen LogP contribution in [0.25, 0.3) is 0 Å². The first-order valence-corrected chi connectivity index (χ1v) is 28.1. The second-order valence-corrected chi connectivity index (χ2v) is 20.8. The molecule has 2 atom stereocenters. The molecule has 0 aromatic carbocycles. The van der Waals surface area contributed by atoms with Crippen molar-refractivity contribution < 1.29 is 34.5 Å². The summed E-state index contributed by atoms with van der Waals surface area (Å²) in [7, 11) is 0. The Morgan fingerprint density at radius 3 is 0.703 bits per heavy atom. The fourth-order valence-electron chi connectivity index (χ4n) is 10.5. The predicted molar refractivity (Wildman–Crippen MR) is 268 cm³/mol. The Labute approximate surface area is 395 Å². The van der Waals surface area contributed by atoms with Crippen molar-refractivity contribution in [1.29, 1.82) is 0 Å². The van der Waals surface area contributed by atoms with Gasteiger partial charge in [0.05, 0.1) is 0 Å². The van der Waals surface area contributed by atoms with Crippen LogP contribution < -0.4 is 0 Å². The number of carboxylic acid groups (broad SMARTS) is 3. The molecular formula is C56H105NO7. The molecule has 376 valence electrons. The van der Waals surface area contributed by atoms with Crippen LogP contribution in [-0.2, 0) is 19.2 Å². The first-order chi connectivity index (χ1) is 31.1. The lowest BCUT2D eigenvalue weighted by molar-refractivity contribution is -0.140. The van der Waals surface area contributed by atoms with E-state index in [4.69, 9.17) is 0 Å². The monoisotopic (exact) mass is 904 g/mol. The minimum Gasteiger partial charge on any atom is -0.481 e. The van der Waals surface area contributed by atoms with E-state index < -0.39 is 17.9 Å². The Kier molecular flexibility index (Phi) is 40.7. The summed E-state index contributed by atoms with van der Waals surface area (Å²) in [6, 6.07) is 0. The quantitative estimate of drug-likeness (QED) is 0.0520. The minimum atomic E-state index is -0.857. The first kappa shape index (κ1) is 59.9. The molecule has 64 heavy (non-hydrogen) atoms. The van der Waals surface area contributed by atoms with Crippen molar-refractivity contribution in [1.82, 2.24) is 4.90 Å². The Hall–Kier alpha value is -2.12.